The van der Waals surface area contributed by atoms with Gasteiger partial charge >= 0.3 is 11.9 Å². The van der Waals surface area contributed by atoms with Crippen LogP contribution >= 0.6 is 0 Å². The van der Waals surface area contributed by atoms with Gasteiger partial charge in [-0.25, -0.2) is 4.90 Å². The van der Waals surface area contributed by atoms with Crippen molar-refractivity contribution in [3.8, 4) is 5.75 Å². The van der Waals surface area contributed by atoms with E-state index in [1.165, 1.54) is 43.3 Å². The van der Waals surface area contributed by atoms with E-state index < -0.39 is 52.1 Å². The smallest absolute Gasteiger partial charge is 0.325 e. The SMILES string of the molecule is CCc1ccc(N2C(=O)C3C(c4ccc(OC(C)=O)cc4)NC(Cc4ccc([N+](=O)[O-])cc4)(C(=O)O)C3C2=O)cc1. The van der Waals surface area contributed by atoms with Gasteiger partial charge in [-0.2, -0.15) is 0 Å². The van der Waals surface area contributed by atoms with Crippen molar-refractivity contribution in [2.45, 2.75) is 38.3 Å². The minimum absolute atomic E-state index is 0.157. The number of nitrogens with one attached hydrogen (secondary N) is 1. The van der Waals surface area contributed by atoms with Crippen LogP contribution in [0.25, 0.3) is 0 Å². The van der Waals surface area contributed by atoms with E-state index in [0.717, 1.165) is 16.9 Å². The number of carboxylic acids is 1. The molecule has 11 nitrogen and oxygen atoms in total. The molecule has 2 fully saturated rings. The van der Waals surface area contributed by atoms with Crippen molar-refractivity contribution in [3.63, 3.8) is 0 Å². The van der Waals surface area contributed by atoms with Crippen LogP contribution in [0.5, 0.6) is 5.75 Å². The van der Waals surface area contributed by atoms with Gasteiger partial charge in [0.05, 0.1) is 22.4 Å². The Balaban J connectivity index is 1.60. The molecule has 3 aromatic carbocycles. The lowest BCUT2D eigenvalue weighted by molar-refractivity contribution is -0.384. The fraction of sp³-hybridized carbons (Fsp3) is 0.267. The molecule has 2 amide bonds. The van der Waals surface area contributed by atoms with Crippen LogP contribution in [0.1, 0.15) is 36.6 Å². The zero-order chi connectivity index (χ0) is 29.5. The highest BCUT2D eigenvalue weighted by molar-refractivity contribution is 6.24. The van der Waals surface area contributed by atoms with E-state index in [1.54, 1.807) is 24.3 Å². The molecule has 0 saturated carbocycles. The first-order valence-corrected chi connectivity index (χ1v) is 13.0. The van der Waals surface area contributed by atoms with Crippen LogP contribution in [0.4, 0.5) is 11.4 Å². The molecule has 5 rings (SSSR count). The topological polar surface area (TPSA) is 156 Å². The molecule has 2 aliphatic rings. The maximum absolute atomic E-state index is 14.0. The molecule has 2 N–H and O–H groups in total. The van der Waals surface area contributed by atoms with Gasteiger partial charge < -0.3 is 9.84 Å². The summed E-state index contributed by atoms with van der Waals surface area (Å²) in [7, 11) is 0. The average Bonchev–Trinajstić information content (AvgIpc) is 3.43. The lowest BCUT2D eigenvalue weighted by Gasteiger charge is -2.31. The molecule has 0 bridgehead atoms. The number of esters is 1. The summed E-state index contributed by atoms with van der Waals surface area (Å²) in [6.45, 7) is 3.24. The number of hydrogen-bond acceptors (Lipinski definition) is 8. The Morgan fingerprint density at radius 1 is 0.976 bits per heavy atom. The molecule has 0 spiro atoms. The van der Waals surface area contributed by atoms with E-state index in [-0.39, 0.29) is 17.9 Å². The third-order valence-corrected chi connectivity index (χ3v) is 7.77. The highest BCUT2D eigenvalue weighted by atomic mass is 16.6. The predicted molar refractivity (Wildman–Crippen MR) is 146 cm³/mol. The fourth-order valence-corrected chi connectivity index (χ4v) is 5.83. The van der Waals surface area contributed by atoms with Crippen LogP contribution in [0.3, 0.4) is 0 Å². The summed E-state index contributed by atoms with van der Waals surface area (Å²) >= 11 is 0. The lowest BCUT2D eigenvalue weighted by atomic mass is 9.76. The Kier molecular flexibility index (Phi) is 7.14. The van der Waals surface area contributed by atoms with Crippen LogP contribution in [0, 0.1) is 22.0 Å². The largest absolute Gasteiger partial charge is 0.480 e. The number of nitro groups is 1. The van der Waals surface area contributed by atoms with Gasteiger partial charge in [0.25, 0.3) is 5.69 Å². The molecule has 11 heteroatoms. The van der Waals surface area contributed by atoms with E-state index >= 15 is 0 Å². The van der Waals surface area contributed by atoms with Crippen LogP contribution < -0.4 is 15.0 Å². The molecule has 210 valence electrons. The summed E-state index contributed by atoms with van der Waals surface area (Å²) in [5.74, 6) is -5.05. The van der Waals surface area contributed by atoms with Gasteiger partial charge in [0.2, 0.25) is 11.8 Å². The minimum Gasteiger partial charge on any atom is -0.480 e. The summed E-state index contributed by atoms with van der Waals surface area (Å²) in [4.78, 5) is 64.0. The number of carbonyl (C=O) groups is 4. The van der Waals surface area contributed by atoms with E-state index in [1.807, 2.05) is 19.1 Å². The summed E-state index contributed by atoms with van der Waals surface area (Å²) in [5.41, 5.74) is 0.289. The van der Waals surface area contributed by atoms with Gasteiger partial charge in [0.1, 0.15) is 11.3 Å². The molecule has 3 aromatic rings. The number of imide groups is 1. The summed E-state index contributed by atoms with van der Waals surface area (Å²) in [6, 6.07) is 17.8. The first kappa shape index (κ1) is 27.7. The molecule has 0 aromatic heterocycles. The quantitative estimate of drug-likeness (QED) is 0.139. The van der Waals surface area contributed by atoms with Crippen molar-refractivity contribution in [3.05, 3.63) is 99.6 Å². The summed E-state index contributed by atoms with van der Waals surface area (Å²) in [6.07, 6.45) is 0.561. The van der Waals surface area contributed by atoms with E-state index in [9.17, 15) is 34.4 Å². The van der Waals surface area contributed by atoms with Crippen molar-refractivity contribution in [1.29, 1.82) is 0 Å². The number of ether oxygens (including phenoxy) is 1. The van der Waals surface area contributed by atoms with Crippen LogP contribution in [-0.4, -0.2) is 39.3 Å². The number of non-ortho nitro benzene ring substituents is 1. The molecule has 2 saturated heterocycles. The molecular weight excluding hydrogens is 530 g/mol. The van der Waals surface area contributed by atoms with Crippen molar-refractivity contribution in [2.75, 3.05) is 4.90 Å². The summed E-state index contributed by atoms with van der Waals surface area (Å²) < 4.78 is 5.10. The monoisotopic (exact) mass is 557 g/mol. The number of benzene rings is 3. The normalized spacial score (nSPS) is 23.4. The highest BCUT2D eigenvalue weighted by Gasteiger charge is 2.68. The van der Waals surface area contributed by atoms with Gasteiger partial charge in [0.15, 0.2) is 0 Å². The lowest BCUT2D eigenvalue weighted by Crippen LogP contribution is -2.57. The molecule has 4 atom stereocenters. The third kappa shape index (κ3) is 4.84. The number of aliphatic carboxylic acids is 1. The molecule has 0 aliphatic carbocycles. The van der Waals surface area contributed by atoms with Gasteiger partial charge in [-0.05, 0) is 47.4 Å². The summed E-state index contributed by atoms with van der Waals surface area (Å²) in [5, 5.41) is 24.9. The van der Waals surface area contributed by atoms with Gasteiger partial charge in [-0.15, -0.1) is 0 Å². The average molecular weight is 558 g/mol. The fourth-order valence-electron chi connectivity index (χ4n) is 5.83. The van der Waals surface area contributed by atoms with Gasteiger partial charge in [0, 0.05) is 31.5 Å². The number of amides is 2. The molecule has 2 heterocycles. The van der Waals surface area contributed by atoms with Crippen LogP contribution in [0.2, 0.25) is 0 Å². The Labute approximate surface area is 234 Å². The molecule has 4 unspecified atom stereocenters. The Morgan fingerprint density at radius 2 is 1.59 bits per heavy atom. The van der Waals surface area contributed by atoms with Crippen molar-refractivity contribution in [1.82, 2.24) is 5.32 Å². The van der Waals surface area contributed by atoms with E-state index in [4.69, 9.17) is 4.74 Å². The second kappa shape index (κ2) is 10.6. The van der Waals surface area contributed by atoms with E-state index in [2.05, 4.69) is 5.32 Å². The zero-order valence-corrected chi connectivity index (χ0v) is 22.3. The number of fused-ring (bicyclic) bond motifs is 1. The molecule has 2 aliphatic heterocycles. The maximum atomic E-state index is 14.0. The number of carboxylic acid groups (broad SMARTS) is 1. The number of rotatable bonds is 8. The first-order chi connectivity index (χ1) is 19.6. The number of anilines is 1. The van der Waals surface area contributed by atoms with Gasteiger partial charge in [-0.1, -0.05) is 43.3 Å². The van der Waals surface area contributed by atoms with Crippen LogP contribution in [0.15, 0.2) is 72.8 Å². The Morgan fingerprint density at radius 3 is 2.12 bits per heavy atom. The highest BCUT2D eigenvalue weighted by Crippen LogP contribution is 2.51. The number of carbonyl (C=O) groups excluding carboxylic acids is 3. The second-order valence-corrected chi connectivity index (χ2v) is 10.2. The van der Waals surface area contributed by atoms with Crippen LogP contribution in [-0.2, 0) is 32.0 Å². The first-order valence-electron chi connectivity index (χ1n) is 13.0. The number of nitro benzene ring substituents is 1. The number of hydrogen-bond donors (Lipinski definition) is 2. The minimum atomic E-state index is -1.90. The van der Waals surface area contributed by atoms with Crippen molar-refractivity contribution in [2.24, 2.45) is 11.8 Å². The van der Waals surface area contributed by atoms with E-state index in [0.29, 0.717) is 16.8 Å². The third-order valence-electron chi connectivity index (χ3n) is 7.77. The molecule has 0 radical (unpaired) electrons. The Bertz CT molecular complexity index is 1540. The van der Waals surface area contributed by atoms with Crippen molar-refractivity contribution < 1.29 is 33.9 Å². The van der Waals surface area contributed by atoms with Gasteiger partial charge in [-0.3, -0.25) is 34.6 Å². The Hall–Kier alpha value is -4.90. The standard InChI is InChI=1S/C30H27N3O8/c1-3-18-4-10-21(11-5-18)32-27(35)24-25(28(32)36)30(29(37)38,16-19-6-12-22(13-7-19)33(39)40)31-26(24)20-8-14-23(15-9-20)41-17(2)34/h4-15,24-26,31H,3,16H2,1-2H3,(H,37,38). The van der Waals surface area contributed by atoms with Crippen molar-refractivity contribution >= 4 is 35.1 Å². The predicted octanol–water partition coefficient (Wildman–Crippen LogP) is 3.60. The molecular formula is C30H27N3O8. The zero-order valence-electron chi connectivity index (χ0n) is 22.3. The molecule has 41 heavy (non-hydrogen) atoms. The number of aryl methyl sites for hydroxylation is 1. The maximum Gasteiger partial charge on any atom is 0.325 e. The number of nitrogens with zero attached hydrogens (tertiary/aromatic N) is 2. The second-order valence-electron chi connectivity index (χ2n) is 10.2.